The van der Waals surface area contributed by atoms with Gasteiger partial charge in [0.05, 0.1) is 25.4 Å². The molecule has 342 valence electrons. The van der Waals surface area contributed by atoms with E-state index in [2.05, 4.69) is 19.2 Å². The molecule has 3 unspecified atom stereocenters. The number of carbonyl (C=O) groups excluding carboxylic acids is 1. The number of phosphoric acid groups is 1. The van der Waals surface area contributed by atoms with E-state index in [1.165, 1.54) is 205 Å². The number of nitrogens with two attached hydrogens (primary N) is 1. The Morgan fingerprint density at radius 3 is 1.12 bits per heavy atom. The molecule has 0 saturated carbocycles. The summed E-state index contributed by atoms with van der Waals surface area (Å²) in [5.74, 6) is -0.155. The van der Waals surface area contributed by atoms with Gasteiger partial charge in [0.15, 0.2) is 0 Å². The average molecular weight is 831 g/mol. The summed E-state index contributed by atoms with van der Waals surface area (Å²) in [7, 11) is -4.31. The molecule has 0 aromatic carbocycles. The summed E-state index contributed by atoms with van der Waals surface area (Å²) >= 11 is 0. The number of amides is 1. The standard InChI is InChI=1S/C48H99N2O6P/c1-3-5-7-9-11-13-15-17-19-21-22-23-24-26-27-29-31-33-35-37-39-41-47(51)46(45-56-57(53,54)55-44-43-49)50-48(52)42-40-38-36-34-32-30-28-25-20-18-16-14-12-10-8-6-4-2/h46-47,51H,3-45,49H2,1-2H3,(H,50,52)(H,53,54). The highest BCUT2D eigenvalue weighted by molar-refractivity contribution is 7.47. The molecule has 3 atom stereocenters. The molecule has 5 N–H and O–H groups in total. The van der Waals surface area contributed by atoms with Gasteiger partial charge >= 0.3 is 7.82 Å². The van der Waals surface area contributed by atoms with Gasteiger partial charge in [-0.2, -0.15) is 0 Å². The third kappa shape index (κ3) is 43.4. The molecule has 0 spiro atoms. The van der Waals surface area contributed by atoms with Crippen LogP contribution in [0.2, 0.25) is 0 Å². The van der Waals surface area contributed by atoms with Gasteiger partial charge < -0.3 is 21.1 Å². The third-order valence-corrected chi connectivity index (χ3v) is 12.7. The zero-order chi connectivity index (χ0) is 41.8. The number of nitrogens with one attached hydrogen (secondary N) is 1. The lowest BCUT2D eigenvalue weighted by atomic mass is 10.0. The van der Waals surface area contributed by atoms with Crippen LogP contribution in [0.15, 0.2) is 0 Å². The lowest BCUT2D eigenvalue weighted by Gasteiger charge is -2.25. The summed E-state index contributed by atoms with van der Waals surface area (Å²) in [6.07, 6.45) is 49.8. The first kappa shape index (κ1) is 56.5. The average Bonchev–Trinajstić information content (AvgIpc) is 3.20. The Bertz CT molecular complexity index is 865. The Labute approximate surface area is 354 Å². The van der Waals surface area contributed by atoms with E-state index in [-0.39, 0.29) is 25.7 Å². The Morgan fingerprint density at radius 2 is 0.807 bits per heavy atom. The van der Waals surface area contributed by atoms with Crippen molar-refractivity contribution in [2.24, 2.45) is 5.73 Å². The van der Waals surface area contributed by atoms with Crippen molar-refractivity contribution in [1.29, 1.82) is 0 Å². The highest BCUT2D eigenvalue weighted by Gasteiger charge is 2.27. The summed E-state index contributed by atoms with van der Waals surface area (Å²) in [5, 5.41) is 13.9. The molecule has 0 aromatic heterocycles. The van der Waals surface area contributed by atoms with Gasteiger partial charge in [0.25, 0.3) is 0 Å². The monoisotopic (exact) mass is 831 g/mol. The predicted molar refractivity (Wildman–Crippen MR) is 245 cm³/mol. The molecular weight excluding hydrogens is 732 g/mol. The molecule has 0 aliphatic heterocycles. The predicted octanol–water partition coefficient (Wildman–Crippen LogP) is 14.6. The van der Waals surface area contributed by atoms with Crippen LogP contribution < -0.4 is 11.1 Å². The van der Waals surface area contributed by atoms with E-state index in [9.17, 15) is 19.4 Å². The maximum Gasteiger partial charge on any atom is 0.472 e. The van der Waals surface area contributed by atoms with Crippen LogP contribution in [0.25, 0.3) is 0 Å². The van der Waals surface area contributed by atoms with E-state index < -0.39 is 20.0 Å². The summed E-state index contributed by atoms with van der Waals surface area (Å²) in [5.41, 5.74) is 5.40. The first-order valence-corrected chi connectivity index (χ1v) is 26.6. The van der Waals surface area contributed by atoms with Crippen LogP contribution in [-0.4, -0.2) is 47.8 Å². The fourth-order valence-electron chi connectivity index (χ4n) is 7.90. The second kappa shape index (κ2) is 45.0. The summed E-state index contributed by atoms with van der Waals surface area (Å²) in [4.78, 5) is 22.8. The van der Waals surface area contributed by atoms with Crippen LogP contribution >= 0.6 is 7.82 Å². The molecule has 0 fully saturated rings. The molecular formula is C48H99N2O6P. The van der Waals surface area contributed by atoms with Gasteiger partial charge in [-0.1, -0.05) is 251 Å². The zero-order valence-electron chi connectivity index (χ0n) is 38.1. The van der Waals surface area contributed by atoms with Crippen LogP contribution in [0.1, 0.15) is 271 Å². The highest BCUT2D eigenvalue weighted by atomic mass is 31.2. The second-order valence-corrected chi connectivity index (χ2v) is 18.8. The lowest BCUT2D eigenvalue weighted by molar-refractivity contribution is -0.123. The molecule has 9 heteroatoms. The van der Waals surface area contributed by atoms with Gasteiger partial charge in [-0.25, -0.2) is 4.57 Å². The number of aliphatic hydroxyl groups is 1. The number of hydrogen-bond donors (Lipinski definition) is 4. The fraction of sp³-hybridized carbons (Fsp3) is 0.979. The number of hydrogen-bond acceptors (Lipinski definition) is 6. The van der Waals surface area contributed by atoms with Crippen molar-refractivity contribution >= 4 is 13.7 Å². The molecule has 0 aliphatic carbocycles. The molecule has 8 nitrogen and oxygen atoms in total. The number of phosphoric ester groups is 1. The molecule has 0 rings (SSSR count). The molecule has 0 saturated heterocycles. The molecule has 0 aliphatic rings. The summed E-state index contributed by atoms with van der Waals surface area (Å²) in [6, 6.07) is -0.768. The molecule has 0 aromatic rings. The van der Waals surface area contributed by atoms with E-state index in [0.29, 0.717) is 12.8 Å². The van der Waals surface area contributed by atoms with E-state index in [1.807, 2.05) is 0 Å². The minimum Gasteiger partial charge on any atom is -0.391 e. The maximum absolute atomic E-state index is 12.8. The number of rotatable bonds is 48. The summed E-state index contributed by atoms with van der Waals surface area (Å²) in [6.45, 7) is 4.26. The molecule has 0 heterocycles. The van der Waals surface area contributed by atoms with Crippen molar-refractivity contribution in [2.45, 2.75) is 283 Å². The van der Waals surface area contributed by atoms with Gasteiger partial charge in [0.2, 0.25) is 5.91 Å². The van der Waals surface area contributed by atoms with Crippen molar-refractivity contribution < 1.29 is 28.4 Å². The van der Waals surface area contributed by atoms with Gasteiger partial charge in [0, 0.05) is 13.0 Å². The van der Waals surface area contributed by atoms with E-state index in [0.717, 1.165) is 38.5 Å². The SMILES string of the molecule is CCCCCCCCCCCCCCCCCCCCCCCC(O)C(COP(=O)(O)OCCN)NC(=O)CCCCCCCCCCCCCCCCCCC. The van der Waals surface area contributed by atoms with Crippen molar-refractivity contribution in [3.05, 3.63) is 0 Å². The van der Waals surface area contributed by atoms with Gasteiger partial charge in [-0.3, -0.25) is 13.8 Å². The Hall–Kier alpha value is -0.500. The van der Waals surface area contributed by atoms with E-state index in [4.69, 9.17) is 14.8 Å². The molecule has 57 heavy (non-hydrogen) atoms. The summed E-state index contributed by atoms with van der Waals surface area (Å²) < 4.78 is 22.3. The van der Waals surface area contributed by atoms with Crippen LogP contribution in [0.5, 0.6) is 0 Å². The van der Waals surface area contributed by atoms with Crippen LogP contribution in [0.4, 0.5) is 0 Å². The zero-order valence-corrected chi connectivity index (χ0v) is 39.0. The second-order valence-electron chi connectivity index (χ2n) is 17.4. The topological polar surface area (TPSA) is 131 Å². The first-order valence-electron chi connectivity index (χ1n) is 25.2. The molecule has 0 radical (unpaired) electrons. The molecule has 0 bridgehead atoms. The van der Waals surface area contributed by atoms with Crippen molar-refractivity contribution in [1.82, 2.24) is 5.32 Å². The van der Waals surface area contributed by atoms with Crippen LogP contribution in [-0.2, 0) is 18.4 Å². The smallest absolute Gasteiger partial charge is 0.391 e. The van der Waals surface area contributed by atoms with Gasteiger partial charge in [-0.15, -0.1) is 0 Å². The Kier molecular flexibility index (Phi) is 44.6. The number of unbranched alkanes of at least 4 members (excludes halogenated alkanes) is 36. The normalized spacial score (nSPS) is 13.8. The third-order valence-electron chi connectivity index (χ3n) is 11.7. The largest absolute Gasteiger partial charge is 0.472 e. The van der Waals surface area contributed by atoms with Crippen LogP contribution in [0.3, 0.4) is 0 Å². The maximum atomic E-state index is 12.8. The Balaban J connectivity index is 4.02. The minimum absolute atomic E-state index is 0.0928. The van der Waals surface area contributed by atoms with Crippen molar-refractivity contribution in [3.8, 4) is 0 Å². The van der Waals surface area contributed by atoms with Crippen molar-refractivity contribution in [3.63, 3.8) is 0 Å². The van der Waals surface area contributed by atoms with E-state index in [1.54, 1.807) is 0 Å². The highest BCUT2D eigenvalue weighted by Crippen LogP contribution is 2.43. The van der Waals surface area contributed by atoms with Gasteiger partial charge in [0.1, 0.15) is 0 Å². The first-order chi connectivity index (χ1) is 27.9. The quantitative estimate of drug-likeness (QED) is 0.0355. The van der Waals surface area contributed by atoms with Crippen molar-refractivity contribution in [2.75, 3.05) is 19.8 Å². The van der Waals surface area contributed by atoms with Crippen LogP contribution in [0, 0.1) is 0 Å². The fourth-order valence-corrected chi connectivity index (χ4v) is 8.66. The number of carbonyl (C=O) groups is 1. The van der Waals surface area contributed by atoms with Gasteiger partial charge in [-0.05, 0) is 12.8 Å². The minimum atomic E-state index is -4.31. The van der Waals surface area contributed by atoms with E-state index >= 15 is 0 Å². The molecule has 1 amide bonds. The number of aliphatic hydroxyl groups excluding tert-OH is 1. The Morgan fingerprint density at radius 1 is 0.509 bits per heavy atom. The lowest BCUT2D eigenvalue weighted by Crippen LogP contribution is -2.46.